The third-order valence-electron chi connectivity index (χ3n) is 8.18. The van der Waals surface area contributed by atoms with Crippen LogP contribution >= 0.6 is 0 Å². The maximum atomic E-state index is 13.6. The van der Waals surface area contributed by atoms with Crippen LogP contribution in [-0.4, -0.2) is 35.8 Å². The molecule has 36 heavy (non-hydrogen) atoms. The van der Waals surface area contributed by atoms with Crippen molar-refractivity contribution in [1.82, 2.24) is 10.3 Å². The van der Waals surface area contributed by atoms with Crippen molar-refractivity contribution in [2.45, 2.75) is 51.7 Å². The lowest BCUT2D eigenvalue weighted by atomic mass is 9.57. The number of alkyl carbamates (subject to hydrolysis) is 1. The Morgan fingerprint density at radius 3 is 2.83 bits per heavy atom. The van der Waals surface area contributed by atoms with Crippen molar-refractivity contribution in [3.63, 3.8) is 0 Å². The molecule has 5 rings (SSSR count). The van der Waals surface area contributed by atoms with Crippen LogP contribution in [-0.2, 0) is 14.3 Å². The van der Waals surface area contributed by atoms with E-state index in [-0.39, 0.29) is 47.8 Å². The normalized spacial score (nSPS) is 31.4. The maximum Gasteiger partial charge on any atom is 0.407 e. The Kier molecular flexibility index (Phi) is 7.08. The summed E-state index contributed by atoms with van der Waals surface area (Å²) in [6.07, 6.45) is 9.07. The minimum Gasteiger partial charge on any atom is -0.462 e. The van der Waals surface area contributed by atoms with Crippen LogP contribution in [0.3, 0.4) is 0 Å². The minimum absolute atomic E-state index is 0.0679. The third-order valence-corrected chi connectivity index (χ3v) is 8.18. The molecule has 7 atom stereocenters. The number of aromatic nitrogens is 1. The van der Waals surface area contributed by atoms with E-state index in [0.717, 1.165) is 42.5 Å². The Balaban J connectivity index is 1.34. The van der Waals surface area contributed by atoms with E-state index in [1.807, 2.05) is 31.2 Å². The zero-order valence-electron chi connectivity index (χ0n) is 20.7. The van der Waals surface area contributed by atoms with Crippen LogP contribution in [0.1, 0.15) is 45.2 Å². The van der Waals surface area contributed by atoms with Crippen LogP contribution in [0.4, 0.5) is 9.18 Å². The lowest BCUT2D eigenvalue weighted by molar-refractivity contribution is -0.144. The molecule has 7 heteroatoms. The molecule has 0 spiro atoms. The van der Waals surface area contributed by atoms with Gasteiger partial charge in [-0.3, -0.25) is 9.78 Å². The Morgan fingerprint density at radius 1 is 1.22 bits per heavy atom. The second-order valence-electron chi connectivity index (χ2n) is 10.3. The van der Waals surface area contributed by atoms with E-state index in [1.165, 1.54) is 12.1 Å². The number of hydrogen-bond acceptors (Lipinski definition) is 5. The molecule has 2 aromatic rings. The quantitative estimate of drug-likeness (QED) is 0.548. The Morgan fingerprint density at radius 2 is 2.08 bits per heavy atom. The molecule has 1 N–H and O–H groups in total. The van der Waals surface area contributed by atoms with Crippen LogP contribution in [0.2, 0.25) is 0 Å². The first kappa shape index (κ1) is 24.5. The van der Waals surface area contributed by atoms with Gasteiger partial charge in [0.2, 0.25) is 0 Å². The molecule has 3 aliphatic rings. The van der Waals surface area contributed by atoms with E-state index in [4.69, 9.17) is 9.47 Å². The summed E-state index contributed by atoms with van der Waals surface area (Å²) in [6.45, 7) is 4.15. The monoisotopic (exact) mass is 492 g/mol. The van der Waals surface area contributed by atoms with Gasteiger partial charge in [-0.25, -0.2) is 9.18 Å². The van der Waals surface area contributed by atoms with Crippen LogP contribution < -0.4 is 5.32 Å². The second-order valence-corrected chi connectivity index (χ2v) is 10.3. The smallest absolute Gasteiger partial charge is 0.407 e. The number of cyclic esters (lactones) is 1. The van der Waals surface area contributed by atoms with Gasteiger partial charge in [0.25, 0.3) is 0 Å². The lowest BCUT2D eigenvalue weighted by Crippen LogP contribution is -2.48. The van der Waals surface area contributed by atoms with E-state index in [2.05, 4.69) is 16.4 Å². The van der Waals surface area contributed by atoms with Gasteiger partial charge in [-0.2, -0.15) is 0 Å². The highest BCUT2D eigenvalue weighted by molar-refractivity contribution is 5.75. The number of pyridine rings is 1. The number of rotatable bonds is 5. The van der Waals surface area contributed by atoms with Gasteiger partial charge >= 0.3 is 12.1 Å². The fraction of sp³-hybridized carbons (Fsp3) is 0.483. The number of benzene rings is 1. The molecule has 2 heterocycles. The predicted molar refractivity (Wildman–Crippen MR) is 134 cm³/mol. The Hall–Kier alpha value is -3.22. The summed E-state index contributed by atoms with van der Waals surface area (Å²) in [5.74, 6) is 0.629. The van der Waals surface area contributed by atoms with Gasteiger partial charge in [-0.1, -0.05) is 24.3 Å². The first-order valence-corrected chi connectivity index (χ1v) is 13.0. The second kappa shape index (κ2) is 10.4. The third kappa shape index (κ3) is 5.01. The van der Waals surface area contributed by atoms with Gasteiger partial charge in [0.1, 0.15) is 11.9 Å². The molecule has 190 valence electrons. The fourth-order valence-corrected chi connectivity index (χ4v) is 6.64. The van der Waals surface area contributed by atoms with Gasteiger partial charge in [-0.15, -0.1) is 0 Å². The number of fused-ring (bicyclic) bond motifs is 2. The first-order chi connectivity index (χ1) is 17.4. The number of esters is 1. The minimum atomic E-state index is -0.368. The SMILES string of the molecule is CCOC(=O)N[C@H]1CC[C@@H]2[C@H](C1)C[C@@H]1C(=O)O[C@H](C)[C@@H]1[C@H]2C=Cc1ccc(-c2cccc(F)c2)cn1. The van der Waals surface area contributed by atoms with E-state index in [0.29, 0.717) is 18.4 Å². The van der Waals surface area contributed by atoms with Crippen LogP contribution in [0, 0.1) is 35.4 Å². The number of nitrogens with one attached hydrogen (secondary N) is 1. The number of carbonyl (C=O) groups is 2. The summed E-state index contributed by atoms with van der Waals surface area (Å²) >= 11 is 0. The van der Waals surface area contributed by atoms with Crippen molar-refractivity contribution in [2.24, 2.45) is 29.6 Å². The summed E-state index contributed by atoms with van der Waals surface area (Å²) in [6, 6.07) is 10.4. The molecule has 1 aliphatic heterocycles. The van der Waals surface area contributed by atoms with Crippen LogP contribution in [0.5, 0.6) is 0 Å². The van der Waals surface area contributed by atoms with E-state index in [9.17, 15) is 14.0 Å². The lowest BCUT2D eigenvalue weighted by Gasteiger charge is -2.47. The molecule has 3 fully saturated rings. The van der Waals surface area contributed by atoms with E-state index >= 15 is 0 Å². The van der Waals surface area contributed by atoms with Crippen molar-refractivity contribution in [2.75, 3.05) is 6.61 Å². The highest BCUT2D eigenvalue weighted by Gasteiger charge is 2.54. The highest BCUT2D eigenvalue weighted by Crippen LogP contribution is 2.53. The zero-order chi connectivity index (χ0) is 25.2. The molecule has 0 bridgehead atoms. The Labute approximate surface area is 211 Å². The molecule has 0 radical (unpaired) electrons. The number of halogens is 1. The molecular weight excluding hydrogens is 459 g/mol. The molecule has 1 aromatic carbocycles. The standard InChI is InChI=1S/C29H33FN2O4/c1-3-35-29(34)32-23-10-11-24-20(14-23)15-26-27(17(2)36-28(26)33)25(24)12-9-22-8-7-19(16-31-22)18-5-4-6-21(30)13-18/h4-9,12-13,16-17,20,23-27H,3,10-11,14-15H2,1-2H3,(H,32,34)/t17-,20-,23+,24-,25+,26+,27-/m1/s1. The molecule has 0 unspecified atom stereocenters. The van der Waals surface area contributed by atoms with Crippen molar-refractivity contribution >= 4 is 18.1 Å². The van der Waals surface area contributed by atoms with Gasteiger partial charge in [0, 0.05) is 23.7 Å². The van der Waals surface area contributed by atoms with Gasteiger partial charge < -0.3 is 14.8 Å². The van der Waals surface area contributed by atoms with Crippen molar-refractivity contribution in [3.8, 4) is 11.1 Å². The average Bonchev–Trinajstić information content (AvgIpc) is 3.15. The molecule has 2 saturated carbocycles. The van der Waals surface area contributed by atoms with E-state index < -0.39 is 0 Å². The number of allylic oxidation sites excluding steroid dienone is 1. The highest BCUT2D eigenvalue weighted by atomic mass is 19.1. The number of hydrogen-bond donors (Lipinski definition) is 1. The molecular formula is C29H33FN2O4. The summed E-state index contributed by atoms with van der Waals surface area (Å²) < 4.78 is 24.3. The van der Waals surface area contributed by atoms with Crippen molar-refractivity contribution in [1.29, 1.82) is 0 Å². The first-order valence-electron chi connectivity index (χ1n) is 13.0. The summed E-state index contributed by atoms with van der Waals surface area (Å²) in [5.41, 5.74) is 2.48. The van der Waals surface area contributed by atoms with Crippen molar-refractivity contribution < 1.29 is 23.5 Å². The van der Waals surface area contributed by atoms with Crippen LogP contribution in [0.25, 0.3) is 17.2 Å². The average molecular weight is 493 g/mol. The molecule has 1 saturated heterocycles. The van der Waals surface area contributed by atoms with Crippen molar-refractivity contribution in [3.05, 3.63) is 60.2 Å². The molecule has 2 aliphatic carbocycles. The predicted octanol–water partition coefficient (Wildman–Crippen LogP) is 5.63. The van der Waals surface area contributed by atoms with Gasteiger partial charge in [-0.05, 0) is 87.1 Å². The number of amides is 1. The largest absolute Gasteiger partial charge is 0.462 e. The molecule has 6 nitrogen and oxygen atoms in total. The van der Waals surface area contributed by atoms with Crippen LogP contribution in [0.15, 0.2) is 48.7 Å². The number of ether oxygens (including phenoxy) is 2. The summed E-state index contributed by atoms with van der Waals surface area (Å²) in [4.78, 5) is 29.2. The number of carbonyl (C=O) groups excluding carboxylic acids is 2. The molecule has 1 amide bonds. The maximum absolute atomic E-state index is 13.6. The zero-order valence-corrected chi connectivity index (χ0v) is 20.7. The fourth-order valence-electron chi connectivity index (χ4n) is 6.64. The molecule has 1 aromatic heterocycles. The Bertz CT molecular complexity index is 1130. The topological polar surface area (TPSA) is 77.5 Å². The van der Waals surface area contributed by atoms with Gasteiger partial charge in [0.05, 0.1) is 18.2 Å². The van der Waals surface area contributed by atoms with Gasteiger partial charge in [0.15, 0.2) is 0 Å². The number of nitrogens with zero attached hydrogens (tertiary/aromatic N) is 1. The summed E-state index contributed by atoms with van der Waals surface area (Å²) in [5, 5.41) is 3.00. The van der Waals surface area contributed by atoms with E-state index in [1.54, 1.807) is 19.2 Å². The summed E-state index contributed by atoms with van der Waals surface area (Å²) in [7, 11) is 0.